The molecule has 1 fully saturated rings. The predicted molar refractivity (Wildman–Crippen MR) is 79.9 cm³/mol. The smallest absolute Gasteiger partial charge is 0.0184 e. The van der Waals surface area contributed by atoms with E-state index in [4.69, 9.17) is 0 Å². The lowest BCUT2D eigenvalue weighted by Crippen LogP contribution is -2.47. The zero-order valence-corrected chi connectivity index (χ0v) is 12.9. The van der Waals surface area contributed by atoms with Gasteiger partial charge in [0.1, 0.15) is 0 Å². The molecule has 1 heterocycles. The Kier molecular flexibility index (Phi) is 7.56. The minimum atomic E-state index is 0.742. The molecule has 102 valence electrons. The Balaban J connectivity index is 2.02. The summed E-state index contributed by atoms with van der Waals surface area (Å²) in [5.41, 5.74) is 0. The molecule has 17 heavy (non-hydrogen) atoms. The van der Waals surface area contributed by atoms with E-state index in [-0.39, 0.29) is 0 Å². The van der Waals surface area contributed by atoms with Crippen LogP contribution in [-0.2, 0) is 0 Å². The van der Waals surface area contributed by atoms with Crippen molar-refractivity contribution in [2.45, 2.75) is 51.8 Å². The largest absolute Gasteiger partial charge is 0.315 e. The summed E-state index contributed by atoms with van der Waals surface area (Å²) < 4.78 is 0. The molecule has 1 rings (SSSR count). The summed E-state index contributed by atoms with van der Waals surface area (Å²) >= 11 is 2.12. The molecule has 3 heteroatoms. The molecule has 0 amide bonds. The van der Waals surface area contributed by atoms with E-state index >= 15 is 0 Å². The van der Waals surface area contributed by atoms with E-state index in [1.165, 1.54) is 38.2 Å². The summed E-state index contributed by atoms with van der Waals surface area (Å²) in [7, 11) is 0. The SMILES string of the molecule is CC(C)CCCNCCN1CCSC(C)C1C. The molecule has 0 aromatic heterocycles. The van der Waals surface area contributed by atoms with Crippen LogP contribution in [0.15, 0.2) is 0 Å². The van der Waals surface area contributed by atoms with Crippen molar-refractivity contribution < 1.29 is 0 Å². The van der Waals surface area contributed by atoms with E-state index < -0.39 is 0 Å². The molecule has 1 saturated heterocycles. The number of hydrogen-bond acceptors (Lipinski definition) is 3. The van der Waals surface area contributed by atoms with Crippen LogP contribution in [0, 0.1) is 5.92 Å². The van der Waals surface area contributed by atoms with Gasteiger partial charge in [0, 0.05) is 36.7 Å². The molecule has 0 spiro atoms. The normalized spacial score (nSPS) is 26.6. The van der Waals surface area contributed by atoms with Crippen LogP contribution in [0.4, 0.5) is 0 Å². The average molecular weight is 258 g/mol. The van der Waals surface area contributed by atoms with E-state index in [9.17, 15) is 0 Å². The number of rotatable bonds is 7. The first-order chi connectivity index (χ1) is 8.11. The second kappa shape index (κ2) is 8.39. The summed E-state index contributed by atoms with van der Waals surface area (Å²) in [5, 5.41) is 4.37. The Morgan fingerprint density at radius 1 is 1.29 bits per heavy atom. The van der Waals surface area contributed by atoms with Gasteiger partial charge in [-0.05, 0) is 32.2 Å². The average Bonchev–Trinajstić information content (AvgIpc) is 2.28. The molecule has 1 aliphatic rings. The molecule has 1 N–H and O–H groups in total. The molecule has 1 aliphatic heterocycles. The van der Waals surface area contributed by atoms with Gasteiger partial charge in [0.2, 0.25) is 0 Å². The summed E-state index contributed by atoms with van der Waals surface area (Å²) in [5.74, 6) is 2.15. The fraction of sp³-hybridized carbons (Fsp3) is 1.00. The molecule has 0 radical (unpaired) electrons. The third kappa shape index (κ3) is 6.12. The molecule has 0 aliphatic carbocycles. The van der Waals surface area contributed by atoms with Gasteiger partial charge in [-0.3, -0.25) is 4.90 Å². The van der Waals surface area contributed by atoms with Gasteiger partial charge >= 0.3 is 0 Å². The van der Waals surface area contributed by atoms with Gasteiger partial charge < -0.3 is 5.32 Å². The molecular formula is C14H30N2S. The Morgan fingerprint density at radius 2 is 2.06 bits per heavy atom. The lowest BCUT2D eigenvalue weighted by atomic mass is 10.1. The van der Waals surface area contributed by atoms with Crippen LogP contribution < -0.4 is 5.32 Å². The Morgan fingerprint density at radius 3 is 2.76 bits per heavy atom. The fourth-order valence-corrected chi connectivity index (χ4v) is 3.46. The van der Waals surface area contributed by atoms with Crippen LogP contribution in [0.1, 0.15) is 40.5 Å². The quantitative estimate of drug-likeness (QED) is 0.707. The van der Waals surface area contributed by atoms with Gasteiger partial charge in [-0.1, -0.05) is 20.8 Å². The molecule has 2 nitrogen and oxygen atoms in total. The Labute approximate surface area is 112 Å². The minimum absolute atomic E-state index is 0.742. The van der Waals surface area contributed by atoms with Crippen LogP contribution in [0.5, 0.6) is 0 Å². The summed E-state index contributed by atoms with van der Waals surface area (Å²) in [6.07, 6.45) is 2.67. The van der Waals surface area contributed by atoms with Gasteiger partial charge in [0.05, 0.1) is 0 Å². The maximum absolute atomic E-state index is 3.57. The standard InChI is InChI=1S/C14H30N2S/c1-12(2)6-5-7-15-8-9-16-10-11-17-14(4)13(16)3/h12-15H,5-11H2,1-4H3. The highest BCUT2D eigenvalue weighted by molar-refractivity contribution is 8.00. The topological polar surface area (TPSA) is 15.3 Å². The monoisotopic (exact) mass is 258 g/mol. The minimum Gasteiger partial charge on any atom is -0.315 e. The number of nitrogens with zero attached hydrogens (tertiary/aromatic N) is 1. The van der Waals surface area contributed by atoms with Crippen molar-refractivity contribution in [3.05, 3.63) is 0 Å². The highest BCUT2D eigenvalue weighted by atomic mass is 32.2. The summed E-state index contributed by atoms with van der Waals surface area (Å²) in [4.78, 5) is 2.64. The van der Waals surface area contributed by atoms with Crippen molar-refractivity contribution in [3.63, 3.8) is 0 Å². The number of thioether (sulfide) groups is 1. The van der Waals surface area contributed by atoms with Crippen molar-refractivity contribution in [2.24, 2.45) is 5.92 Å². The van der Waals surface area contributed by atoms with E-state index in [2.05, 4.69) is 49.7 Å². The van der Waals surface area contributed by atoms with Gasteiger partial charge in [-0.2, -0.15) is 11.8 Å². The first-order valence-electron chi connectivity index (χ1n) is 7.17. The van der Waals surface area contributed by atoms with E-state index in [0.717, 1.165) is 23.8 Å². The van der Waals surface area contributed by atoms with Crippen LogP contribution in [0.3, 0.4) is 0 Å². The molecule has 0 aromatic carbocycles. The van der Waals surface area contributed by atoms with Crippen LogP contribution in [0.25, 0.3) is 0 Å². The zero-order chi connectivity index (χ0) is 12.7. The van der Waals surface area contributed by atoms with Gasteiger partial charge in [0.15, 0.2) is 0 Å². The third-order valence-electron chi connectivity index (χ3n) is 3.73. The van der Waals surface area contributed by atoms with E-state index in [1.54, 1.807) is 0 Å². The zero-order valence-electron chi connectivity index (χ0n) is 12.0. The Bertz CT molecular complexity index is 197. The van der Waals surface area contributed by atoms with Gasteiger partial charge in [0.25, 0.3) is 0 Å². The van der Waals surface area contributed by atoms with Gasteiger partial charge in [-0.15, -0.1) is 0 Å². The van der Waals surface area contributed by atoms with Crippen molar-refractivity contribution in [3.8, 4) is 0 Å². The van der Waals surface area contributed by atoms with E-state index in [1.807, 2.05) is 0 Å². The molecular weight excluding hydrogens is 228 g/mol. The maximum Gasteiger partial charge on any atom is 0.0184 e. The molecule has 0 aromatic rings. The summed E-state index contributed by atoms with van der Waals surface area (Å²) in [6, 6.07) is 0.742. The van der Waals surface area contributed by atoms with Crippen LogP contribution in [0.2, 0.25) is 0 Å². The lowest BCUT2D eigenvalue weighted by molar-refractivity contribution is 0.213. The molecule has 0 saturated carbocycles. The number of nitrogens with one attached hydrogen (secondary N) is 1. The second-order valence-corrected chi connectivity index (χ2v) is 7.12. The highest BCUT2D eigenvalue weighted by Gasteiger charge is 2.24. The number of hydrogen-bond donors (Lipinski definition) is 1. The van der Waals surface area contributed by atoms with Crippen molar-refractivity contribution in [1.82, 2.24) is 10.2 Å². The van der Waals surface area contributed by atoms with Crippen LogP contribution >= 0.6 is 11.8 Å². The van der Waals surface area contributed by atoms with Crippen LogP contribution in [-0.4, -0.2) is 48.1 Å². The Hall–Kier alpha value is 0.270. The van der Waals surface area contributed by atoms with Gasteiger partial charge in [-0.25, -0.2) is 0 Å². The molecule has 2 unspecified atom stereocenters. The molecule has 2 atom stereocenters. The molecule has 0 bridgehead atoms. The van der Waals surface area contributed by atoms with Crippen molar-refractivity contribution in [1.29, 1.82) is 0 Å². The lowest BCUT2D eigenvalue weighted by Gasteiger charge is -2.37. The third-order valence-corrected chi connectivity index (χ3v) is 5.06. The fourth-order valence-electron chi connectivity index (χ4n) is 2.29. The first-order valence-corrected chi connectivity index (χ1v) is 8.22. The maximum atomic E-state index is 3.57. The first kappa shape index (κ1) is 15.3. The van der Waals surface area contributed by atoms with Crippen molar-refractivity contribution >= 4 is 11.8 Å². The van der Waals surface area contributed by atoms with Crippen molar-refractivity contribution in [2.75, 3.05) is 31.9 Å². The summed E-state index contributed by atoms with van der Waals surface area (Å²) in [6.45, 7) is 14.2. The van der Waals surface area contributed by atoms with E-state index in [0.29, 0.717) is 0 Å². The highest BCUT2D eigenvalue weighted by Crippen LogP contribution is 2.23. The predicted octanol–water partition coefficient (Wildman–Crippen LogP) is 2.84. The second-order valence-electron chi connectivity index (χ2n) is 5.64.